The molecule has 0 heterocycles. The van der Waals surface area contributed by atoms with Crippen molar-refractivity contribution in [3.8, 4) is 12.1 Å². The van der Waals surface area contributed by atoms with Crippen LogP contribution in [0.3, 0.4) is 0 Å². The minimum atomic E-state index is 0.365. The molecule has 2 nitrogen and oxygen atoms in total. The molecule has 0 unspecified atom stereocenters. The van der Waals surface area contributed by atoms with Gasteiger partial charge in [0.2, 0.25) is 0 Å². The number of hydrogen-bond acceptors (Lipinski definition) is 2. The summed E-state index contributed by atoms with van der Waals surface area (Å²) in [6.07, 6.45) is 5.87. The normalized spacial score (nSPS) is 11.2. The molecule has 0 saturated heterocycles. The van der Waals surface area contributed by atoms with Crippen LogP contribution in [0.15, 0.2) is 48.6 Å². The molecular formula is C10H8N2. The molecule has 0 spiro atoms. The highest BCUT2D eigenvalue weighted by atomic mass is 14.3. The maximum atomic E-state index is 8.54. The highest BCUT2D eigenvalue weighted by Crippen LogP contribution is 2.01. The second-order valence-corrected chi connectivity index (χ2v) is 1.89. The Morgan fingerprint density at radius 1 is 1.08 bits per heavy atom. The lowest BCUT2D eigenvalue weighted by molar-refractivity contribution is 1.47. The van der Waals surface area contributed by atoms with E-state index in [2.05, 4.69) is 13.2 Å². The second-order valence-electron chi connectivity index (χ2n) is 1.89. The first kappa shape index (κ1) is 9.94. The van der Waals surface area contributed by atoms with E-state index in [9.17, 15) is 0 Å². The van der Waals surface area contributed by atoms with Gasteiger partial charge in [-0.05, 0) is 12.2 Å². The zero-order chi connectivity index (χ0) is 9.40. The van der Waals surface area contributed by atoms with Crippen molar-refractivity contribution in [3.63, 3.8) is 0 Å². The summed E-state index contributed by atoms with van der Waals surface area (Å²) < 4.78 is 0. The third-order valence-corrected chi connectivity index (χ3v) is 1.09. The van der Waals surface area contributed by atoms with Gasteiger partial charge >= 0.3 is 0 Å². The van der Waals surface area contributed by atoms with Crippen molar-refractivity contribution in [1.82, 2.24) is 0 Å². The van der Waals surface area contributed by atoms with Crippen molar-refractivity contribution >= 4 is 0 Å². The molecule has 58 valence electrons. The third-order valence-electron chi connectivity index (χ3n) is 1.09. The zero-order valence-electron chi connectivity index (χ0n) is 6.62. The van der Waals surface area contributed by atoms with Gasteiger partial charge in [-0.1, -0.05) is 25.3 Å². The lowest BCUT2D eigenvalue weighted by Gasteiger charge is -1.86. The molecule has 0 radical (unpaired) electrons. The van der Waals surface area contributed by atoms with Gasteiger partial charge in [0.25, 0.3) is 0 Å². The Kier molecular flexibility index (Phi) is 4.73. The van der Waals surface area contributed by atoms with Crippen LogP contribution in [0.5, 0.6) is 0 Å². The van der Waals surface area contributed by atoms with Gasteiger partial charge in [0.15, 0.2) is 0 Å². The minimum Gasteiger partial charge on any atom is -0.192 e. The second kappa shape index (κ2) is 5.70. The fourth-order valence-electron chi connectivity index (χ4n) is 0.549. The van der Waals surface area contributed by atoms with Crippen LogP contribution in [-0.4, -0.2) is 0 Å². The first-order chi connectivity index (χ1) is 5.78. The van der Waals surface area contributed by atoms with Gasteiger partial charge in [-0.2, -0.15) is 10.5 Å². The molecule has 0 atom stereocenters. The summed E-state index contributed by atoms with van der Waals surface area (Å²) in [7, 11) is 0. The quantitative estimate of drug-likeness (QED) is 0.464. The van der Waals surface area contributed by atoms with Crippen LogP contribution in [-0.2, 0) is 0 Å². The molecule has 0 aliphatic carbocycles. The lowest BCUT2D eigenvalue weighted by Crippen LogP contribution is -1.75. The van der Waals surface area contributed by atoms with E-state index in [-0.39, 0.29) is 0 Å². The zero-order valence-corrected chi connectivity index (χ0v) is 6.62. The molecule has 12 heavy (non-hydrogen) atoms. The average Bonchev–Trinajstić information content (AvgIpc) is 2.12. The first-order valence-electron chi connectivity index (χ1n) is 3.25. The first-order valence-corrected chi connectivity index (χ1v) is 3.25. The molecule has 0 amide bonds. The van der Waals surface area contributed by atoms with Crippen LogP contribution in [0.4, 0.5) is 0 Å². The molecule has 0 aromatic heterocycles. The van der Waals surface area contributed by atoms with Gasteiger partial charge in [0, 0.05) is 0 Å². The smallest absolute Gasteiger partial charge is 0.0992 e. The van der Waals surface area contributed by atoms with Gasteiger partial charge in [-0.3, -0.25) is 0 Å². The molecule has 0 aromatic rings. The van der Waals surface area contributed by atoms with Gasteiger partial charge in [0.1, 0.15) is 0 Å². The van der Waals surface area contributed by atoms with E-state index in [1.54, 1.807) is 0 Å². The number of nitriles is 2. The van der Waals surface area contributed by atoms with E-state index < -0.39 is 0 Å². The van der Waals surface area contributed by atoms with E-state index in [0.29, 0.717) is 11.1 Å². The van der Waals surface area contributed by atoms with Crippen molar-refractivity contribution in [2.45, 2.75) is 0 Å². The molecule has 0 aliphatic rings. The van der Waals surface area contributed by atoms with Gasteiger partial charge < -0.3 is 0 Å². The minimum absolute atomic E-state index is 0.365. The monoisotopic (exact) mass is 156 g/mol. The average molecular weight is 156 g/mol. The Balaban J connectivity index is 4.84. The van der Waals surface area contributed by atoms with Crippen molar-refractivity contribution in [2.24, 2.45) is 0 Å². The van der Waals surface area contributed by atoms with Gasteiger partial charge in [-0.15, -0.1) is 0 Å². The maximum absolute atomic E-state index is 8.54. The molecule has 2 heteroatoms. The highest BCUT2D eigenvalue weighted by molar-refractivity contribution is 5.45. The van der Waals surface area contributed by atoms with E-state index in [1.165, 1.54) is 24.3 Å². The van der Waals surface area contributed by atoms with E-state index >= 15 is 0 Å². The Bertz CT molecular complexity index is 319. The molecule has 0 rings (SSSR count). The predicted molar refractivity (Wildman–Crippen MR) is 47.8 cm³/mol. The standard InChI is InChI=1S/C10H8N2/c1-3-5-10(8-12)6-9(4-2)7-11/h3-6H,1-2H2/b9-6+,10-5+. The van der Waals surface area contributed by atoms with Gasteiger partial charge in [-0.25, -0.2) is 0 Å². The molecular weight excluding hydrogens is 148 g/mol. The number of hydrogen-bond donors (Lipinski definition) is 0. The lowest BCUT2D eigenvalue weighted by atomic mass is 10.1. The van der Waals surface area contributed by atoms with Crippen molar-refractivity contribution in [1.29, 1.82) is 10.5 Å². The summed E-state index contributed by atoms with van der Waals surface area (Å²) in [5, 5.41) is 17.0. The van der Waals surface area contributed by atoms with Crippen LogP contribution in [0.2, 0.25) is 0 Å². The van der Waals surface area contributed by atoms with Crippen LogP contribution >= 0.6 is 0 Å². The molecule has 0 aromatic carbocycles. The van der Waals surface area contributed by atoms with E-state index in [4.69, 9.17) is 10.5 Å². The van der Waals surface area contributed by atoms with E-state index in [1.807, 2.05) is 12.1 Å². The van der Waals surface area contributed by atoms with E-state index in [0.717, 1.165) is 0 Å². The topological polar surface area (TPSA) is 47.6 Å². The summed E-state index contributed by atoms with van der Waals surface area (Å²) >= 11 is 0. The highest BCUT2D eigenvalue weighted by Gasteiger charge is 1.90. The number of allylic oxidation sites excluding steroid dienone is 6. The number of rotatable bonds is 3. The summed E-state index contributed by atoms with van der Waals surface area (Å²) in [5.74, 6) is 0. The summed E-state index contributed by atoms with van der Waals surface area (Å²) in [5.41, 5.74) is 0.756. The van der Waals surface area contributed by atoms with Gasteiger partial charge in [0.05, 0.1) is 23.3 Å². The van der Waals surface area contributed by atoms with Crippen LogP contribution in [0.25, 0.3) is 0 Å². The summed E-state index contributed by atoms with van der Waals surface area (Å²) in [6, 6.07) is 3.81. The predicted octanol–water partition coefficient (Wildman–Crippen LogP) is 2.26. The van der Waals surface area contributed by atoms with Crippen LogP contribution < -0.4 is 0 Å². The largest absolute Gasteiger partial charge is 0.192 e. The fourth-order valence-corrected chi connectivity index (χ4v) is 0.549. The maximum Gasteiger partial charge on any atom is 0.0992 e. The number of nitrogens with zero attached hydrogens (tertiary/aromatic N) is 2. The molecule has 0 bridgehead atoms. The molecule has 0 N–H and O–H groups in total. The van der Waals surface area contributed by atoms with Crippen molar-refractivity contribution in [3.05, 3.63) is 48.6 Å². The Labute approximate surface area is 72.1 Å². The summed E-state index contributed by atoms with van der Waals surface area (Å²) in [6.45, 7) is 6.87. The van der Waals surface area contributed by atoms with Crippen LogP contribution in [0, 0.1) is 22.7 Å². The van der Waals surface area contributed by atoms with Crippen molar-refractivity contribution < 1.29 is 0 Å². The fraction of sp³-hybridized carbons (Fsp3) is 0. The Hall–Kier alpha value is -2.06. The van der Waals surface area contributed by atoms with Crippen molar-refractivity contribution in [2.75, 3.05) is 0 Å². The molecule has 0 saturated carbocycles. The Morgan fingerprint density at radius 2 is 1.67 bits per heavy atom. The SMILES string of the molecule is C=C/C=C(C#N)\C=C(\C#N)C=C. The van der Waals surface area contributed by atoms with Crippen LogP contribution in [0.1, 0.15) is 0 Å². The third kappa shape index (κ3) is 3.20. The molecule has 0 fully saturated rings. The Morgan fingerprint density at radius 3 is 2.00 bits per heavy atom. The molecule has 0 aliphatic heterocycles. The summed E-state index contributed by atoms with van der Waals surface area (Å²) in [4.78, 5) is 0.